The Hall–Kier alpha value is -2.95. The predicted molar refractivity (Wildman–Crippen MR) is 92.4 cm³/mol. The van der Waals surface area contributed by atoms with Crippen molar-refractivity contribution in [1.82, 2.24) is 0 Å². The van der Waals surface area contributed by atoms with Gasteiger partial charge in [-0.25, -0.2) is 4.79 Å². The average Bonchev–Trinajstić information content (AvgIpc) is 2.64. The molecule has 5 heteroatoms. The number of benzene rings is 3. The molecular formula is C19H18O5. The Bertz CT molecular complexity index is 930. The molecule has 5 nitrogen and oxygen atoms in total. The van der Waals surface area contributed by atoms with Crippen LogP contribution in [0, 0.1) is 0 Å². The van der Waals surface area contributed by atoms with E-state index in [2.05, 4.69) is 0 Å². The summed E-state index contributed by atoms with van der Waals surface area (Å²) >= 11 is 0. The van der Waals surface area contributed by atoms with Crippen LogP contribution in [0.5, 0.6) is 17.2 Å². The Kier molecular flexibility index (Phi) is 4.16. The lowest BCUT2D eigenvalue weighted by Gasteiger charge is -2.14. The fraction of sp³-hybridized carbons (Fsp3) is 0.211. The first-order valence-electron chi connectivity index (χ1n) is 7.37. The van der Waals surface area contributed by atoms with E-state index >= 15 is 0 Å². The summed E-state index contributed by atoms with van der Waals surface area (Å²) in [6.07, 6.45) is 0. The third-order valence-corrected chi connectivity index (χ3v) is 4.07. The van der Waals surface area contributed by atoms with E-state index in [1.165, 1.54) is 7.11 Å². The second kappa shape index (κ2) is 6.28. The molecule has 0 bridgehead atoms. The van der Waals surface area contributed by atoms with E-state index in [9.17, 15) is 4.79 Å². The highest BCUT2D eigenvalue weighted by molar-refractivity contribution is 6.17. The van der Waals surface area contributed by atoms with Crippen molar-refractivity contribution < 1.29 is 23.7 Å². The van der Waals surface area contributed by atoms with E-state index in [0.717, 1.165) is 27.3 Å². The maximum Gasteiger partial charge on any atom is 0.338 e. The fourth-order valence-corrected chi connectivity index (χ4v) is 2.86. The Labute approximate surface area is 139 Å². The highest BCUT2D eigenvalue weighted by Crippen LogP contribution is 2.38. The molecule has 3 aromatic carbocycles. The van der Waals surface area contributed by atoms with Gasteiger partial charge >= 0.3 is 5.97 Å². The Morgan fingerprint density at radius 2 is 1.42 bits per heavy atom. The van der Waals surface area contributed by atoms with Gasteiger partial charge in [0.1, 0.15) is 5.75 Å². The van der Waals surface area contributed by atoms with Crippen LogP contribution < -0.4 is 14.2 Å². The topological polar surface area (TPSA) is 54.0 Å². The molecule has 0 heterocycles. The quantitative estimate of drug-likeness (QED) is 0.539. The van der Waals surface area contributed by atoms with Crippen molar-refractivity contribution in [2.75, 3.05) is 28.4 Å². The predicted octanol–water partition coefficient (Wildman–Crippen LogP) is 3.81. The van der Waals surface area contributed by atoms with E-state index in [0.29, 0.717) is 17.1 Å². The first-order chi connectivity index (χ1) is 11.6. The number of carbonyl (C=O) groups excluding carboxylic acids is 1. The molecule has 0 spiro atoms. The average molecular weight is 326 g/mol. The molecule has 0 unspecified atom stereocenters. The number of hydrogen-bond acceptors (Lipinski definition) is 5. The van der Waals surface area contributed by atoms with Gasteiger partial charge in [-0.05, 0) is 46.5 Å². The zero-order valence-corrected chi connectivity index (χ0v) is 14.0. The molecule has 0 atom stereocenters. The first kappa shape index (κ1) is 15.9. The summed E-state index contributed by atoms with van der Waals surface area (Å²) in [5.74, 6) is 1.49. The second-order valence-corrected chi connectivity index (χ2v) is 5.26. The lowest BCUT2D eigenvalue weighted by molar-refractivity contribution is 0.0603. The molecule has 0 saturated carbocycles. The Morgan fingerprint density at radius 1 is 0.750 bits per heavy atom. The summed E-state index contributed by atoms with van der Waals surface area (Å²) in [4.78, 5) is 12.2. The van der Waals surface area contributed by atoms with Gasteiger partial charge in [-0.2, -0.15) is 0 Å². The van der Waals surface area contributed by atoms with Crippen LogP contribution in [0.3, 0.4) is 0 Å². The molecule has 0 aliphatic rings. The van der Waals surface area contributed by atoms with Crippen LogP contribution in [-0.2, 0) is 4.74 Å². The normalized spacial score (nSPS) is 10.7. The number of rotatable bonds is 4. The van der Waals surface area contributed by atoms with Crippen molar-refractivity contribution in [2.24, 2.45) is 0 Å². The molecule has 0 aliphatic heterocycles. The van der Waals surface area contributed by atoms with E-state index < -0.39 is 5.97 Å². The molecule has 0 aromatic heterocycles. The molecule has 3 aromatic rings. The molecule has 0 N–H and O–H groups in total. The number of ether oxygens (including phenoxy) is 4. The lowest BCUT2D eigenvalue weighted by Crippen LogP contribution is -2.03. The van der Waals surface area contributed by atoms with Crippen molar-refractivity contribution >= 4 is 27.5 Å². The smallest absolute Gasteiger partial charge is 0.338 e. The first-order valence-corrected chi connectivity index (χ1v) is 7.37. The van der Waals surface area contributed by atoms with Crippen molar-refractivity contribution in [3.8, 4) is 17.2 Å². The minimum absolute atomic E-state index is 0.398. The van der Waals surface area contributed by atoms with Gasteiger partial charge in [0, 0.05) is 5.39 Å². The Balaban J connectivity index is 2.48. The van der Waals surface area contributed by atoms with Gasteiger partial charge in [0.2, 0.25) is 0 Å². The van der Waals surface area contributed by atoms with Crippen LogP contribution in [0.2, 0.25) is 0 Å². The van der Waals surface area contributed by atoms with Crippen LogP contribution in [0.1, 0.15) is 10.4 Å². The zero-order chi connectivity index (χ0) is 17.3. The number of hydrogen-bond donors (Lipinski definition) is 0. The van der Waals surface area contributed by atoms with Gasteiger partial charge in [-0.3, -0.25) is 0 Å². The molecule has 24 heavy (non-hydrogen) atoms. The van der Waals surface area contributed by atoms with Crippen molar-refractivity contribution in [1.29, 1.82) is 0 Å². The van der Waals surface area contributed by atoms with Gasteiger partial charge in [0.25, 0.3) is 0 Å². The van der Waals surface area contributed by atoms with Gasteiger partial charge in [-0.1, -0.05) is 6.07 Å². The van der Waals surface area contributed by atoms with Gasteiger partial charge in [0.15, 0.2) is 11.5 Å². The summed E-state index contributed by atoms with van der Waals surface area (Å²) in [5.41, 5.74) is 0.478. The Morgan fingerprint density at radius 3 is 2.00 bits per heavy atom. The molecule has 0 aliphatic carbocycles. The largest absolute Gasteiger partial charge is 0.497 e. The highest BCUT2D eigenvalue weighted by atomic mass is 16.5. The summed E-state index contributed by atoms with van der Waals surface area (Å²) in [6.45, 7) is 0. The molecule has 0 saturated heterocycles. The molecule has 124 valence electrons. The van der Waals surface area contributed by atoms with Crippen LogP contribution in [-0.4, -0.2) is 34.4 Å². The lowest BCUT2D eigenvalue weighted by atomic mass is 9.96. The number of esters is 1. The summed E-state index contributed by atoms with van der Waals surface area (Å²) in [6, 6.07) is 11.2. The molecule has 0 radical (unpaired) electrons. The summed E-state index contributed by atoms with van der Waals surface area (Å²) < 4.78 is 21.0. The van der Waals surface area contributed by atoms with Gasteiger partial charge < -0.3 is 18.9 Å². The van der Waals surface area contributed by atoms with Crippen LogP contribution >= 0.6 is 0 Å². The zero-order valence-electron chi connectivity index (χ0n) is 14.0. The van der Waals surface area contributed by atoms with Gasteiger partial charge in [-0.15, -0.1) is 0 Å². The minimum Gasteiger partial charge on any atom is -0.497 e. The molecule has 3 rings (SSSR count). The minimum atomic E-state index is -0.398. The molecular weight excluding hydrogens is 308 g/mol. The van der Waals surface area contributed by atoms with Crippen LogP contribution in [0.4, 0.5) is 0 Å². The van der Waals surface area contributed by atoms with Crippen LogP contribution in [0.25, 0.3) is 21.5 Å². The SMILES string of the molecule is COC(=O)c1cc2ccc(OC)cc2c2cc(OC)c(OC)cc12. The van der Waals surface area contributed by atoms with E-state index in [1.54, 1.807) is 27.4 Å². The summed E-state index contributed by atoms with van der Waals surface area (Å²) in [7, 11) is 6.13. The van der Waals surface area contributed by atoms with Gasteiger partial charge in [0.05, 0.1) is 34.0 Å². The maximum atomic E-state index is 12.2. The standard InChI is InChI=1S/C19H18O5/c1-21-12-6-5-11-7-16(19(20)24-4)15-10-18(23-3)17(22-2)9-14(15)13(11)8-12/h5-10H,1-4H3. The van der Waals surface area contributed by atoms with Crippen molar-refractivity contribution in [2.45, 2.75) is 0 Å². The molecule has 0 fully saturated rings. The third-order valence-electron chi connectivity index (χ3n) is 4.07. The fourth-order valence-electron chi connectivity index (χ4n) is 2.86. The number of carbonyl (C=O) groups is 1. The number of fused-ring (bicyclic) bond motifs is 3. The number of methoxy groups -OCH3 is 4. The summed E-state index contributed by atoms with van der Waals surface area (Å²) in [5, 5.41) is 3.47. The second-order valence-electron chi connectivity index (χ2n) is 5.26. The van der Waals surface area contributed by atoms with E-state index in [-0.39, 0.29) is 0 Å². The maximum absolute atomic E-state index is 12.2. The van der Waals surface area contributed by atoms with Crippen molar-refractivity contribution in [3.05, 3.63) is 42.0 Å². The van der Waals surface area contributed by atoms with Crippen molar-refractivity contribution in [3.63, 3.8) is 0 Å². The monoisotopic (exact) mass is 326 g/mol. The van der Waals surface area contributed by atoms with E-state index in [1.807, 2.05) is 30.3 Å². The third kappa shape index (κ3) is 2.48. The van der Waals surface area contributed by atoms with E-state index in [4.69, 9.17) is 18.9 Å². The van der Waals surface area contributed by atoms with Crippen LogP contribution in [0.15, 0.2) is 36.4 Å². The molecule has 0 amide bonds. The highest BCUT2D eigenvalue weighted by Gasteiger charge is 2.17.